The SMILES string of the molecule is COc1cccc(C2CN(C(=O)[C@@H](N)C(C)C)CCO2)c1. The molecule has 1 saturated heterocycles. The molecule has 0 radical (unpaired) electrons. The number of rotatable bonds is 4. The average molecular weight is 292 g/mol. The van der Waals surface area contributed by atoms with Gasteiger partial charge in [0, 0.05) is 6.54 Å². The van der Waals surface area contributed by atoms with Crippen LogP contribution in [0.5, 0.6) is 5.75 Å². The van der Waals surface area contributed by atoms with Crippen molar-refractivity contribution in [1.29, 1.82) is 0 Å². The van der Waals surface area contributed by atoms with E-state index in [1.54, 1.807) is 12.0 Å². The predicted molar refractivity (Wildman–Crippen MR) is 81.1 cm³/mol. The highest BCUT2D eigenvalue weighted by Crippen LogP contribution is 2.25. The van der Waals surface area contributed by atoms with Crippen LogP contribution in [0.25, 0.3) is 0 Å². The van der Waals surface area contributed by atoms with E-state index in [1.807, 2.05) is 38.1 Å². The van der Waals surface area contributed by atoms with Crippen LogP contribution < -0.4 is 10.5 Å². The molecule has 0 aliphatic carbocycles. The standard InChI is InChI=1S/C16H24N2O3/c1-11(2)15(17)16(19)18-7-8-21-14(10-18)12-5-4-6-13(9-12)20-3/h4-6,9,11,14-15H,7-8,10,17H2,1-3H3/t14?,15-/m0/s1. The third-order valence-electron chi connectivity index (χ3n) is 3.85. The molecule has 2 atom stereocenters. The fraction of sp³-hybridized carbons (Fsp3) is 0.562. The number of carbonyl (C=O) groups excluding carboxylic acids is 1. The number of amides is 1. The van der Waals surface area contributed by atoms with Crippen LogP contribution in [0.4, 0.5) is 0 Å². The summed E-state index contributed by atoms with van der Waals surface area (Å²) in [6.45, 7) is 5.58. The number of hydrogen-bond acceptors (Lipinski definition) is 4. The zero-order valence-corrected chi connectivity index (χ0v) is 12.9. The Morgan fingerprint density at radius 1 is 1.48 bits per heavy atom. The first-order chi connectivity index (χ1) is 10.0. The van der Waals surface area contributed by atoms with Crippen LogP contribution in [0.1, 0.15) is 25.5 Å². The topological polar surface area (TPSA) is 64.8 Å². The Bertz CT molecular complexity index is 490. The smallest absolute Gasteiger partial charge is 0.239 e. The molecule has 5 heteroatoms. The normalized spacial score (nSPS) is 20.4. The number of nitrogens with two attached hydrogens (primary N) is 1. The lowest BCUT2D eigenvalue weighted by molar-refractivity contribution is -0.141. The largest absolute Gasteiger partial charge is 0.497 e. The molecule has 1 aliphatic heterocycles. The molecule has 0 aromatic heterocycles. The summed E-state index contributed by atoms with van der Waals surface area (Å²) < 4.78 is 11.0. The highest BCUT2D eigenvalue weighted by Gasteiger charge is 2.29. The number of nitrogens with zero attached hydrogens (tertiary/aromatic N) is 1. The maximum Gasteiger partial charge on any atom is 0.239 e. The van der Waals surface area contributed by atoms with E-state index in [0.29, 0.717) is 19.7 Å². The summed E-state index contributed by atoms with van der Waals surface area (Å²) in [5.74, 6) is 0.926. The molecule has 0 saturated carbocycles. The van der Waals surface area contributed by atoms with E-state index in [-0.39, 0.29) is 17.9 Å². The van der Waals surface area contributed by atoms with Gasteiger partial charge in [-0.05, 0) is 23.6 Å². The van der Waals surface area contributed by atoms with Crippen molar-refractivity contribution in [3.05, 3.63) is 29.8 Å². The Labute approximate surface area is 126 Å². The Kier molecular flexibility index (Phi) is 5.20. The van der Waals surface area contributed by atoms with Crippen LogP contribution in [-0.4, -0.2) is 43.7 Å². The van der Waals surface area contributed by atoms with Gasteiger partial charge in [0.05, 0.1) is 26.3 Å². The molecule has 1 fully saturated rings. The molecule has 1 aromatic rings. The first kappa shape index (κ1) is 15.8. The Morgan fingerprint density at radius 3 is 2.90 bits per heavy atom. The van der Waals surface area contributed by atoms with Crippen LogP contribution in [0, 0.1) is 5.92 Å². The molecule has 21 heavy (non-hydrogen) atoms. The lowest BCUT2D eigenvalue weighted by Gasteiger charge is -2.35. The Morgan fingerprint density at radius 2 is 2.24 bits per heavy atom. The minimum absolute atomic E-state index is 0.00111. The second-order valence-corrected chi connectivity index (χ2v) is 5.69. The fourth-order valence-electron chi connectivity index (χ4n) is 2.39. The molecule has 1 aliphatic rings. The monoisotopic (exact) mass is 292 g/mol. The summed E-state index contributed by atoms with van der Waals surface area (Å²) in [6, 6.07) is 7.31. The van der Waals surface area contributed by atoms with Gasteiger partial charge in [-0.3, -0.25) is 4.79 Å². The number of benzene rings is 1. The van der Waals surface area contributed by atoms with Crippen LogP contribution in [0.15, 0.2) is 24.3 Å². The fourth-order valence-corrected chi connectivity index (χ4v) is 2.39. The molecule has 2 N–H and O–H groups in total. The average Bonchev–Trinajstić information content (AvgIpc) is 2.53. The minimum Gasteiger partial charge on any atom is -0.497 e. The summed E-state index contributed by atoms with van der Waals surface area (Å²) >= 11 is 0. The van der Waals surface area contributed by atoms with Gasteiger partial charge in [0.2, 0.25) is 5.91 Å². The molecule has 0 bridgehead atoms. The molecule has 1 unspecified atom stereocenters. The summed E-state index contributed by atoms with van der Waals surface area (Å²) in [6.07, 6.45) is -0.128. The molecular formula is C16H24N2O3. The highest BCUT2D eigenvalue weighted by atomic mass is 16.5. The number of carbonyl (C=O) groups is 1. The Hall–Kier alpha value is -1.59. The van der Waals surface area contributed by atoms with Crippen molar-refractivity contribution in [2.75, 3.05) is 26.8 Å². The first-order valence-corrected chi connectivity index (χ1v) is 7.33. The number of ether oxygens (including phenoxy) is 2. The van der Waals surface area contributed by atoms with Gasteiger partial charge in [-0.2, -0.15) is 0 Å². The molecule has 2 rings (SSSR count). The van der Waals surface area contributed by atoms with Gasteiger partial charge in [0.1, 0.15) is 11.9 Å². The van der Waals surface area contributed by atoms with Crippen molar-refractivity contribution in [2.45, 2.75) is 26.0 Å². The van der Waals surface area contributed by atoms with Crippen molar-refractivity contribution in [2.24, 2.45) is 11.7 Å². The van der Waals surface area contributed by atoms with E-state index in [1.165, 1.54) is 0 Å². The molecule has 0 spiro atoms. The molecule has 1 heterocycles. The van der Waals surface area contributed by atoms with Gasteiger partial charge in [0.15, 0.2) is 0 Å². The van der Waals surface area contributed by atoms with Crippen LogP contribution in [0.2, 0.25) is 0 Å². The molecule has 5 nitrogen and oxygen atoms in total. The zero-order valence-electron chi connectivity index (χ0n) is 12.9. The van der Waals surface area contributed by atoms with E-state index < -0.39 is 6.04 Å². The predicted octanol–water partition coefficient (Wildman–Crippen LogP) is 1.58. The molecule has 1 aromatic carbocycles. The van der Waals surface area contributed by atoms with E-state index in [4.69, 9.17) is 15.2 Å². The van der Waals surface area contributed by atoms with E-state index >= 15 is 0 Å². The van der Waals surface area contributed by atoms with E-state index in [0.717, 1.165) is 11.3 Å². The molecule has 1 amide bonds. The lowest BCUT2D eigenvalue weighted by Crippen LogP contribution is -2.51. The van der Waals surface area contributed by atoms with Crippen molar-refractivity contribution in [3.63, 3.8) is 0 Å². The summed E-state index contributed by atoms with van der Waals surface area (Å²) in [5, 5.41) is 0. The quantitative estimate of drug-likeness (QED) is 0.915. The number of morpholine rings is 1. The Balaban J connectivity index is 2.08. The molecule has 116 valence electrons. The maximum atomic E-state index is 12.4. The van der Waals surface area contributed by atoms with Crippen molar-refractivity contribution in [3.8, 4) is 5.75 Å². The lowest BCUT2D eigenvalue weighted by atomic mass is 10.0. The van der Waals surface area contributed by atoms with E-state index in [9.17, 15) is 4.79 Å². The molecular weight excluding hydrogens is 268 g/mol. The third-order valence-corrected chi connectivity index (χ3v) is 3.85. The van der Waals surface area contributed by atoms with Gasteiger partial charge >= 0.3 is 0 Å². The van der Waals surface area contributed by atoms with Crippen molar-refractivity contribution in [1.82, 2.24) is 4.90 Å². The second kappa shape index (κ2) is 6.91. The minimum atomic E-state index is -0.450. The zero-order chi connectivity index (χ0) is 15.4. The van der Waals surface area contributed by atoms with Crippen molar-refractivity contribution < 1.29 is 14.3 Å². The maximum absolute atomic E-state index is 12.4. The van der Waals surface area contributed by atoms with Gasteiger partial charge in [-0.25, -0.2) is 0 Å². The van der Waals surface area contributed by atoms with E-state index in [2.05, 4.69) is 0 Å². The van der Waals surface area contributed by atoms with Gasteiger partial charge in [0.25, 0.3) is 0 Å². The summed E-state index contributed by atoms with van der Waals surface area (Å²) in [7, 11) is 1.64. The van der Waals surface area contributed by atoms with Gasteiger partial charge < -0.3 is 20.1 Å². The third kappa shape index (κ3) is 3.74. The highest BCUT2D eigenvalue weighted by molar-refractivity contribution is 5.82. The van der Waals surface area contributed by atoms with Gasteiger partial charge in [-0.15, -0.1) is 0 Å². The summed E-state index contributed by atoms with van der Waals surface area (Å²) in [5.41, 5.74) is 6.99. The van der Waals surface area contributed by atoms with Crippen molar-refractivity contribution >= 4 is 5.91 Å². The number of methoxy groups -OCH3 is 1. The first-order valence-electron chi connectivity index (χ1n) is 7.33. The van der Waals surface area contributed by atoms with Gasteiger partial charge in [-0.1, -0.05) is 26.0 Å². The van der Waals surface area contributed by atoms with Crippen LogP contribution in [0.3, 0.4) is 0 Å². The second-order valence-electron chi connectivity index (χ2n) is 5.69. The van der Waals surface area contributed by atoms with Crippen LogP contribution >= 0.6 is 0 Å². The van der Waals surface area contributed by atoms with Crippen LogP contribution in [-0.2, 0) is 9.53 Å². The summed E-state index contributed by atoms with van der Waals surface area (Å²) in [4.78, 5) is 14.2. The number of hydrogen-bond donors (Lipinski definition) is 1.